The van der Waals surface area contributed by atoms with Gasteiger partial charge in [-0.2, -0.15) is 0 Å². The van der Waals surface area contributed by atoms with E-state index in [9.17, 15) is 9.18 Å². The van der Waals surface area contributed by atoms with Gasteiger partial charge in [0.05, 0.1) is 6.54 Å². The summed E-state index contributed by atoms with van der Waals surface area (Å²) < 4.78 is 20.0. The zero-order valence-corrected chi connectivity index (χ0v) is 14.6. The monoisotopic (exact) mass is 387 g/mol. The van der Waals surface area contributed by atoms with Gasteiger partial charge < -0.3 is 9.32 Å². The minimum atomic E-state index is -0.426. The summed E-state index contributed by atoms with van der Waals surface area (Å²) in [6.07, 6.45) is 0. The highest BCUT2D eigenvalue weighted by molar-refractivity contribution is 9.10. The highest BCUT2D eigenvalue weighted by Gasteiger charge is 2.14. The summed E-state index contributed by atoms with van der Waals surface area (Å²) in [4.78, 5) is 13.8. The first-order valence-corrected chi connectivity index (χ1v) is 8.18. The van der Waals surface area contributed by atoms with Crippen LogP contribution in [-0.2, 0) is 6.54 Å². The first kappa shape index (κ1) is 16.5. The number of rotatable bonds is 4. The molecule has 0 fully saturated rings. The first-order chi connectivity index (χ1) is 11.5. The number of amides is 1. The normalized spacial score (nSPS) is 10.6. The van der Waals surface area contributed by atoms with E-state index in [2.05, 4.69) is 15.9 Å². The number of benzene rings is 2. The van der Waals surface area contributed by atoms with Crippen LogP contribution in [0.2, 0.25) is 0 Å². The van der Waals surface area contributed by atoms with E-state index in [0.29, 0.717) is 17.9 Å². The third-order valence-electron chi connectivity index (χ3n) is 3.60. The van der Waals surface area contributed by atoms with Crippen molar-refractivity contribution in [3.8, 4) is 11.3 Å². The lowest BCUT2D eigenvalue weighted by atomic mass is 10.2. The van der Waals surface area contributed by atoms with Crippen molar-refractivity contribution in [2.45, 2.75) is 6.54 Å². The van der Waals surface area contributed by atoms with Gasteiger partial charge in [0.1, 0.15) is 17.3 Å². The number of hydrogen-bond acceptors (Lipinski definition) is 2. The molecule has 0 aliphatic heterocycles. The Morgan fingerprint density at radius 3 is 2.58 bits per heavy atom. The van der Waals surface area contributed by atoms with Crippen LogP contribution in [0.25, 0.3) is 11.3 Å². The lowest BCUT2D eigenvalue weighted by Crippen LogP contribution is -2.26. The molecule has 0 unspecified atom stereocenters. The van der Waals surface area contributed by atoms with Gasteiger partial charge in [-0.3, -0.25) is 4.79 Å². The van der Waals surface area contributed by atoms with E-state index in [1.807, 2.05) is 36.4 Å². The van der Waals surface area contributed by atoms with E-state index in [1.54, 1.807) is 13.1 Å². The van der Waals surface area contributed by atoms with Crippen LogP contribution in [-0.4, -0.2) is 17.9 Å². The Hall–Kier alpha value is -2.40. The molecule has 3 aromatic rings. The van der Waals surface area contributed by atoms with Crippen LogP contribution in [0.4, 0.5) is 4.39 Å². The third kappa shape index (κ3) is 3.74. The maximum Gasteiger partial charge on any atom is 0.254 e. The van der Waals surface area contributed by atoms with Crippen LogP contribution in [0.15, 0.2) is 69.6 Å². The van der Waals surface area contributed by atoms with Crippen molar-refractivity contribution in [3.63, 3.8) is 0 Å². The second-order valence-electron chi connectivity index (χ2n) is 5.44. The van der Waals surface area contributed by atoms with E-state index in [-0.39, 0.29) is 5.91 Å². The van der Waals surface area contributed by atoms with Gasteiger partial charge in [0.2, 0.25) is 0 Å². The van der Waals surface area contributed by atoms with Crippen molar-refractivity contribution in [2.75, 3.05) is 7.05 Å². The van der Waals surface area contributed by atoms with Crippen molar-refractivity contribution in [1.82, 2.24) is 4.90 Å². The minimum absolute atomic E-state index is 0.254. The van der Waals surface area contributed by atoms with Gasteiger partial charge in [-0.05, 0) is 42.5 Å². The van der Waals surface area contributed by atoms with Crippen LogP contribution in [0.3, 0.4) is 0 Å². The van der Waals surface area contributed by atoms with E-state index in [4.69, 9.17) is 4.42 Å². The maximum absolute atomic E-state index is 13.2. The summed E-state index contributed by atoms with van der Waals surface area (Å²) in [6.45, 7) is 0.311. The Labute approximate surface area is 147 Å². The van der Waals surface area contributed by atoms with Gasteiger partial charge in [-0.1, -0.05) is 34.1 Å². The molecule has 0 atom stereocenters. The number of hydrogen-bond donors (Lipinski definition) is 0. The second-order valence-corrected chi connectivity index (χ2v) is 6.36. The van der Waals surface area contributed by atoms with Crippen molar-refractivity contribution in [1.29, 1.82) is 0 Å². The molecule has 24 heavy (non-hydrogen) atoms. The maximum atomic E-state index is 13.2. The molecule has 0 N–H and O–H groups in total. The third-order valence-corrected chi connectivity index (χ3v) is 4.13. The fourth-order valence-electron chi connectivity index (χ4n) is 2.38. The summed E-state index contributed by atoms with van der Waals surface area (Å²) in [5.74, 6) is 0.727. The Balaban J connectivity index is 1.72. The fraction of sp³-hybridized carbons (Fsp3) is 0.105. The molecular formula is C19H15BrFNO2. The lowest BCUT2D eigenvalue weighted by molar-refractivity contribution is 0.0775. The van der Waals surface area contributed by atoms with Crippen molar-refractivity contribution in [2.24, 2.45) is 0 Å². The number of furan rings is 1. The molecular weight excluding hydrogens is 373 g/mol. The quantitative estimate of drug-likeness (QED) is 0.622. The van der Waals surface area contributed by atoms with Crippen molar-refractivity contribution in [3.05, 3.63) is 82.3 Å². The van der Waals surface area contributed by atoms with Crippen molar-refractivity contribution >= 4 is 21.8 Å². The molecule has 5 heteroatoms. The standard InChI is InChI=1S/C19H15BrFNO2/c1-22(19(23)14-3-2-4-16(21)11-14)12-17-9-10-18(24-17)13-5-7-15(20)8-6-13/h2-11H,12H2,1H3. The van der Waals surface area contributed by atoms with Crippen molar-refractivity contribution < 1.29 is 13.6 Å². The predicted molar refractivity (Wildman–Crippen MR) is 94.0 cm³/mol. The minimum Gasteiger partial charge on any atom is -0.459 e. The van der Waals surface area contributed by atoms with E-state index in [0.717, 1.165) is 15.8 Å². The highest BCUT2D eigenvalue weighted by atomic mass is 79.9. The summed E-state index contributed by atoms with van der Waals surface area (Å²) in [6, 6.07) is 17.2. The molecule has 0 bridgehead atoms. The van der Waals surface area contributed by atoms with Gasteiger partial charge in [-0.15, -0.1) is 0 Å². The molecule has 1 aromatic heterocycles. The van der Waals surface area contributed by atoms with Crippen LogP contribution < -0.4 is 0 Å². The molecule has 3 nitrogen and oxygen atoms in total. The van der Waals surface area contributed by atoms with Gasteiger partial charge in [0, 0.05) is 22.6 Å². The summed E-state index contributed by atoms with van der Waals surface area (Å²) in [5, 5.41) is 0. The first-order valence-electron chi connectivity index (χ1n) is 7.38. The largest absolute Gasteiger partial charge is 0.459 e. The molecule has 0 saturated heterocycles. The zero-order chi connectivity index (χ0) is 17.1. The van der Waals surface area contributed by atoms with Crippen LogP contribution in [0.1, 0.15) is 16.1 Å². The Kier molecular flexibility index (Phi) is 4.81. The molecule has 0 radical (unpaired) electrons. The van der Waals surface area contributed by atoms with E-state index >= 15 is 0 Å². The molecule has 0 aliphatic rings. The van der Waals surface area contributed by atoms with Gasteiger partial charge in [0.25, 0.3) is 5.91 Å². The second kappa shape index (κ2) is 7.01. The highest BCUT2D eigenvalue weighted by Crippen LogP contribution is 2.24. The summed E-state index contributed by atoms with van der Waals surface area (Å²) in [7, 11) is 1.66. The van der Waals surface area contributed by atoms with Crippen LogP contribution >= 0.6 is 15.9 Å². The average Bonchev–Trinajstić information content (AvgIpc) is 3.03. The molecule has 0 spiro atoms. The Morgan fingerprint density at radius 2 is 1.88 bits per heavy atom. The fourth-order valence-corrected chi connectivity index (χ4v) is 2.64. The molecule has 1 heterocycles. The molecule has 1 amide bonds. The summed E-state index contributed by atoms with van der Waals surface area (Å²) >= 11 is 3.40. The molecule has 0 saturated carbocycles. The average molecular weight is 388 g/mol. The zero-order valence-electron chi connectivity index (χ0n) is 13.0. The topological polar surface area (TPSA) is 33.5 Å². The predicted octanol–water partition coefficient (Wildman–Crippen LogP) is 5.12. The van der Waals surface area contributed by atoms with E-state index in [1.165, 1.54) is 23.1 Å². The van der Waals surface area contributed by atoms with Gasteiger partial charge in [0.15, 0.2) is 0 Å². The van der Waals surface area contributed by atoms with E-state index < -0.39 is 5.82 Å². The van der Waals surface area contributed by atoms with Crippen LogP contribution in [0.5, 0.6) is 0 Å². The van der Waals surface area contributed by atoms with Gasteiger partial charge >= 0.3 is 0 Å². The number of carbonyl (C=O) groups excluding carboxylic acids is 1. The Bertz CT molecular complexity index is 858. The van der Waals surface area contributed by atoms with Crippen LogP contribution in [0, 0.1) is 5.82 Å². The summed E-state index contributed by atoms with van der Waals surface area (Å²) in [5.41, 5.74) is 1.28. The lowest BCUT2D eigenvalue weighted by Gasteiger charge is -2.15. The Morgan fingerprint density at radius 1 is 1.12 bits per heavy atom. The molecule has 2 aromatic carbocycles. The molecule has 0 aliphatic carbocycles. The number of nitrogens with zero attached hydrogens (tertiary/aromatic N) is 1. The SMILES string of the molecule is CN(Cc1ccc(-c2ccc(Br)cc2)o1)C(=O)c1cccc(F)c1. The number of carbonyl (C=O) groups is 1. The smallest absolute Gasteiger partial charge is 0.254 e. The van der Waals surface area contributed by atoms with Gasteiger partial charge in [-0.25, -0.2) is 4.39 Å². The molecule has 3 rings (SSSR count). The number of halogens is 2. The molecule has 122 valence electrons.